The van der Waals surface area contributed by atoms with Gasteiger partial charge in [0.25, 0.3) is 5.24 Å². The van der Waals surface area contributed by atoms with E-state index in [1.165, 1.54) is 0 Å². The molecule has 0 heterocycles. The second-order valence-corrected chi connectivity index (χ2v) is 3.92. The van der Waals surface area contributed by atoms with Gasteiger partial charge >= 0.3 is 0 Å². The fraction of sp³-hybridized carbons (Fsp3) is 0.714. The molecule has 1 amide bonds. The second kappa shape index (κ2) is 6.02. The number of primary amides is 1. The number of carbonyl (C=O) groups excluding carboxylic acids is 2. The highest BCUT2D eigenvalue weighted by Crippen LogP contribution is 2.06. The van der Waals surface area contributed by atoms with E-state index in [1.807, 2.05) is 13.8 Å². The monoisotopic (exact) mass is 190 g/mol. The van der Waals surface area contributed by atoms with Crippen LogP contribution in [0.1, 0.15) is 13.8 Å². The summed E-state index contributed by atoms with van der Waals surface area (Å²) in [5.41, 5.74) is 4.91. The normalized spacial score (nSPS) is 12.9. The molecule has 3 N–H and O–H groups in total. The number of nitrogens with one attached hydrogen (secondary N) is 1. The topological polar surface area (TPSA) is 72.2 Å². The Kier molecular flexibility index (Phi) is 5.74. The van der Waals surface area contributed by atoms with Gasteiger partial charge in [-0.1, -0.05) is 25.6 Å². The number of aldehydes is 1. The number of amides is 1. The molecule has 0 aromatic carbocycles. The molecule has 0 aliphatic carbocycles. The van der Waals surface area contributed by atoms with Crippen LogP contribution in [0.4, 0.5) is 4.79 Å². The molecule has 1 unspecified atom stereocenters. The average molecular weight is 190 g/mol. The van der Waals surface area contributed by atoms with Gasteiger partial charge in [0.05, 0.1) is 5.25 Å². The number of rotatable bonds is 5. The first-order valence-electron chi connectivity index (χ1n) is 3.71. The van der Waals surface area contributed by atoms with E-state index in [0.29, 0.717) is 12.6 Å². The largest absolute Gasteiger partial charge is 0.360 e. The molecular weight excluding hydrogens is 176 g/mol. The molecule has 0 aliphatic rings. The van der Waals surface area contributed by atoms with Crippen LogP contribution in [-0.2, 0) is 4.79 Å². The molecule has 70 valence electrons. The van der Waals surface area contributed by atoms with Crippen LogP contribution in [0.3, 0.4) is 0 Å². The van der Waals surface area contributed by atoms with Gasteiger partial charge in [-0.15, -0.1) is 0 Å². The van der Waals surface area contributed by atoms with Crippen molar-refractivity contribution in [3.05, 3.63) is 0 Å². The molecule has 0 aromatic heterocycles. The summed E-state index contributed by atoms with van der Waals surface area (Å²) in [4.78, 5) is 20.8. The molecule has 0 saturated carbocycles. The predicted octanol–water partition coefficient (Wildman–Crippen LogP) is 0.364. The van der Waals surface area contributed by atoms with Gasteiger partial charge in [-0.2, -0.15) is 0 Å². The average Bonchev–Trinajstić information content (AvgIpc) is 1.97. The molecule has 0 aromatic rings. The van der Waals surface area contributed by atoms with Gasteiger partial charge in [-0.25, -0.2) is 0 Å². The van der Waals surface area contributed by atoms with Crippen molar-refractivity contribution in [1.29, 1.82) is 0 Å². The number of thioether (sulfide) groups is 1. The zero-order chi connectivity index (χ0) is 9.56. The summed E-state index contributed by atoms with van der Waals surface area (Å²) in [6.45, 7) is 4.42. The molecule has 5 heteroatoms. The van der Waals surface area contributed by atoms with Gasteiger partial charge in [0, 0.05) is 12.6 Å². The first kappa shape index (κ1) is 11.4. The van der Waals surface area contributed by atoms with Crippen LogP contribution in [0.2, 0.25) is 0 Å². The minimum Gasteiger partial charge on any atom is -0.360 e. The van der Waals surface area contributed by atoms with Gasteiger partial charge < -0.3 is 15.8 Å². The van der Waals surface area contributed by atoms with Gasteiger partial charge in [-0.05, 0) is 0 Å². The van der Waals surface area contributed by atoms with E-state index in [2.05, 4.69) is 5.32 Å². The highest BCUT2D eigenvalue weighted by atomic mass is 32.2. The molecule has 0 rings (SSSR count). The predicted molar refractivity (Wildman–Crippen MR) is 50.2 cm³/mol. The van der Waals surface area contributed by atoms with Crippen molar-refractivity contribution in [3.8, 4) is 0 Å². The first-order valence-corrected chi connectivity index (χ1v) is 4.59. The van der Waals surface area contributed by atoms with Crippen LogP contribution in [0.25, 0.3) is 0 Å². The van der Waals surface area contributed by atoms with Gasteiger partial charge in [-0.3, -0.25) is 4.79 Å². The molecule has 0 aliphatic heterocycles. The van der Waals surface area contributed by atoms with E-state index in [9.17, 15) is 9.59 Å². The van der Waals surface area contributed by atoms with Crippen LogP contribution in [-0.4, -0.2) is 29.4 Å². The minimum atomic E-state index is -0.516. The Hall–Kier alpha value is -0.550. The third-order valence-electron chi connectivity index (χ3n) is 1.15. The standard InChI is InChI=1S/C7H14N2O2S/c1-5(2)9-3-6(4-10)12-7(8)11/h4-6,9H,3H2,1-2H3,(H2,8,11). The van der Waals surface area contributed by atoms with Gasteiger partial charge in [0.1, 0.15) is 6.29 Å². The van der Waals surface area contributed by atoms with E-state index >= 15 is 0 Å². The maximum Gasteiger partial charge on any atom is 0.277 e. The van der Waals surface area contributed by atoms with Crippen molar-refractivity contribution in [2.24, 2.45) is 5.73 Å². The minimum absolute atomic E-state index is 0.306. The Morgan fingerprint density at radius 1 is 1.67 bits per heavy atom. The van der Waals surface area contributed by atoms with E-state index in [0.717, 1.165) is 18.0 Å². The van der Waals surface area contributed by atoms with Crippen LogP contribution in [0, 0.1) is 0 Å². The highest BCUT2D eigenvalue weighted by molar-refractivity contribution is 8.14. The lowest BCUT2D eigenvalue weighted by molar-refractivity contribution is -0.107. The van der Waals surface area contributed by atoms with Crippen molar-refractivity contribution >= 4 is 23.3 Å². The Labute approximate surface area is 76.3 Å². The smallest absolute Gasteiger partial charge is 0.277 e. The Balaban J connectivity index is 3.67. The molecule has 0 saturated heterocycles. The van der Waals surface area contributed by atoms with Gasteiger partial charge in [0.15, 0.2) is 0 Å². The fourth-order valence-electron chi connectivity index (χ4n) is 0.619. The number of nitrogens with two attached hydrogens (primary N) is 1. The molecular formula is C7H14N2O2S. The summed E-state index contributed by atoms with van der Waals surface area (Å²) in [6.07, 6.45) is 0.727. The van der Waals surface area contributed by atoms with Crippen molar-refractivity contribution in [1.82, 2.24) is 5.32 Å². The number of hydrogen-bond donors (Lipinski definition) is 2. The SMILES string of the molecule is CC(C)NCC(C=O)SC(N)=O. The lowest BCUT2D eigenvalue weighted by atomic mass is 10.3. The third kappa shape index (κ3) is 6.18. The fourth-order valence-corrected chi connectivity index (χ4v) is 1.15. The molecule has 0 bridgehead atoms. The van der Waals surface area contributed by atoms with E-state index < -0.39 is 5.24 Å². The maximum absolute atomic E-state index is 10.4. The summed E-state index contributed by atoms with van der Waals surface area (Å²) in [7, 11) is 0. The van der Waals surface area contributed by atoms with E-state index in [-0.39, 0.29) is 5.25 Å². The summed E-state index contributed by atoms with van der Waals surface area (Å²) in [5, 5.41) is 2.16. The Bertz CT molecular complexity index is 161. The molecule has 0 fully saturated rings. The zero-order valence-corrected chi connectivity index (χ0v) is 8.06. The molecule has 0 spiro atoms. The zero-order valence-electron chi connectivity index (χ0n) is 7.24. The number of carbonyl (C=O) groups is 2. The molecule has 12 heavy (non-hydrogen) atoms. The molecule has 0 radical (unpaired) electrons. The van der Waals surface area contributed by atoms with Crippen molar-refractivity contribution in [2.45, 2.75) is 25.1 Å². The summed E-state index contributed by atoms with van der Waals surface area (Å²) < 4.78 is 0. The summed E-state index contributed by atoms with van der Waals surface area (Å²) >= 11 is 0.850. The van der Waals surface area contributed by atoms with E-state index in [1.54, 1.807) is 0 Å². The quantitative estimate of drug-likeness (QED) is 0.614. The summed E-state index contributed by atoms with van der Waals surface area (Å²) in [6, 6.07) is 0.306. The van der Waals surface area contributed by atoms with Gasteiger partial charge in [0.2, 0.25) is 0 Å². The van der Waals surface area contributed by atoms with E-state index in [4.69, 9.17) is 5.73 Å². The number of hydrogen-bond acceptors (Lipinski definition) is 4. The van der Waals surface area contributed by atoms with Crippen molar-refractivity contribution in [2.75, 3.05) is 6.54 Å². The third-order valence-corrected chi connectivity index (χ3v) is 1.96. The lowest BCUT2D eigenvalue weighted by Crippen LogP contribution is -2.32. The van der Waals surface area contributed by atoms with Crippen LogP contribution in [0.15, 0.2) is 0 Å². The van der Waals surface area contributed by atoms with Crippen molar-refractivity contribution in [3.63, 3.8) is 0 Å². The Morgan fingerprint density at radius 3 is 2.58 bits per heavy atom. The highest BCUT2D eigenvalue weighted by Gasteiger charge is 2.11. The first-order chi connectivity index (χ1) is 5.56. The van der Waals surface area contributed by atoms with Crippen molar-refractivity contribution < 1.29 is 9.59 Å². The molecule has 1 atom stereocenters. The molecule has 4 nitrogen and oxygen atoms in total. The summed E-state index contributed by atoms with van der Waals surface area (Å²) in [5.74, 6) is 0. The second-order valence-electron chi connectivity index (χ2n) is 2.67. The Morgan fingerprint density at radius 2 is 2.25 bits per heavy atom. The van der Waals surface area contributed by atoms with Crippen LogP contribution in [0.5, 0.6) is 0 Å². The maximum atomic E-state index is 10.4. The van der Waals surface area contributed by atoms with Crippen LogP contribution >= 0.6 is 11.8 Å². The van der Waals surface area contributed by atoms with Crippen LogP contribution < -0.4 is 11.1 Å². The lowest BCUT2D eigenvalue weighted by Gasteiger charge is -2.11.